The van der Waals surface area contributed by atoms with E-state index in [2.05, 4.69) is 0 Å². The van der Waals surface area contributed by atoms with Crippen LogP contribution in [-0.2, 0) is 11.2 Å². The number of para-hydroxylation sites is 1. The van der Waals surface area contributed by atoms with Crippen LogP contribution >= 0.6 is 0 Å². The molecule has 3 aromatic rings. The topological polar surface area (TPSA) is 75.0 Å². The smallest absolute Gasteiger partial charge is 0.308 e. The van der Waals surface area contributed by atoms with Crippen molar-refractivity contribution in [2.24, 2.45) is 0 Å². The fraction of sp³-hybridized carbons (Fsp3) is 0.300. The van der Waals surface area contributed by atoms with E-state index in [1.807, 2.05) is 19.9 Å². The van der Waals surface area contributed by atoms with Crippen molar-refractivity contribution in [2.45, 2.75) is 33.3 Å². The molecular weight excluding hydrogens is 336 g/mol. The molecule has 0 bridgehead atoms. The fourth-order valence-electron chi connectivity index (χ4n) is 3.24. The van der Waals surface area contributed by atoms with Crippen molar-refractivity contribution in [3.05, 3.63) is 40.1 Å². The normalized spacial score (nSPS) is 13.1. The van der Waals surface area contributed by atoms with E-state index in [9.17, 15) is 9.59 Å². The molecule has 4 rings (SSSR count). The SMILES string of the molecule is CC(=O)Oc1c2c(c3oc4ccccc4c(=O)c3c1OC(C)C)CCO2. The maximum Gasteiger partial charge on any atom is 0.308 e. The third kappa shape index (κ3) is 2.49. The van der Waals surface area contributed by atoms with Gasteiger partial charge in [-0.15, -0.1) is 0 Å². The lowest BCUT2D eigenvalue weighted by atomic mass is 10.0. The van der Waals surface area contributed by atoms with Gasteiger partial charge in [0.2, 0.25) is 11.2 Å². The Kier molecular flexibility index (Phi) is 3.83. The summed E-state index contributed by atoms with van der Waals surface area (Å²) < 4.78 is 23.0. The van der Waals surface area contributed by atoms with Gasteiger partial charge >= 0.3 is 5.97 Å². The van der Waals surface area contributed by atoms with Gasteiger partial charge in [-0.25, -0.2) is 0 Å². The van der Waals surface area contributed by atoms with Gasteiger partial charge in [0.15, 0.2) is 11.5 Å². The van der Waals surface area contributed by atoms with Crippen LogP contribution in [-0.4, -0.2) is 18.7 Å². The Bertz CT molecular complexity index is 1090. The van der Waals surface area contributed by atoms with Crippen molar-refractivity contribution in [3.8, 4) is 17.2 Å². The van der Waals surface area contributed by atoms with Crippen LogP contribution in [0.25, 0.3) is 21.9 Å². The highest BCUT2D eigenvalue weighted by Gasteiger charge is 2.31. The zero-order valence-electron chi connectivity index (χ0n) is 14.8. The third-order valence-electron chi connectivity index (χ3n) is 4.18. The molecule has 2 heterocycles. The van der Waals surface area contributed by atoms with Crippen LogP contribution in [0.5, 0.6) is 17.2 Å². The van der Waals surface area contributed by atoms with Gasteiger partial charge < -0.3 is 18.6 Å². The lowest BCUT2D eigenvalue weighted by Gasteiger charge is -2.18. The summed E-state index contributed by atoms with van der Waals surface area (Å²) in [6.07, 6.45) is 0.321. The van der Waals surface area contributed by atoms with E-state index in [0.717, 1.165) is 5.56 Å². The van der Waals surface area contributed by atoms with Crippen LogP contribution in [0.2, 0.25) is 0 Å². The minimum Gasteiger partial charge on any atom is -0.489 e. The van der Waals surface area contributed by atoms with Crippen LogP contribution in [0.1, 0.15) is 26.3 Å². The molecule has 1 aromatic heterocycles. The molecule has 0 amide bonds. The molecule has 6 heteroatoms. The Balaban J connectivity index is 2.20. The average Bonchev–Trinajstić information content (AvgIpc) is 3.07. The highest BCUT2D eigenvalue weighted by atomic mass is 16.6. The molecule has 6 nitrogen and oxygen atoms in total. The standard InChI is InChI=1S/C20H18O6/c1-10(2)24-19-15-16(22)12-6-4-5-7-14(12)26-17(15)13-8-9-23-18(13)20(19)25-11(3)21/h4-7,10H,8-9H2,1-3H3. The minimum atomic E-state index is -0.513. The number of carbonyl (C=O) groups is 1. The van der Waals surface area contributed by atoms with Gasteiger partial charge in [-0.1, -0.05) is 12.1 Å². The maximum atomic E-state index is 13.2. The van der Waals surface area contributed by atoms with Crippen LogP contribution in [0.4, 0.5) is 0 Å². The van der Waals surface area contributed by atoms with E-state index in [0.29, 0.717) is 35.3 Å². The summed E-state index contributed by atoms with van der Waals surface area (Å²) in [5.41, 5.74) is 1.42. The molecule has 26 heavy (non-hydrogen) atoms. The lowest BCUT2D eigenvalue weighted by Crippen LogP contribution is -2.14. The highest BCUT2D eigenvalue weighted by molar-refractivity contribution is 5.99. The highest BCUT2D eigenvalue weighted by Crippen LogP contribution is 2.49. The quantitative estimate of drug-likeness (QED) is 0.406. The van der Waals surface area contributed by atoms with Gasteiger partial charge in [-0.3, -0.25) is 9.59 Å². The van der Waals surface area contributed by atoms with E-state index in [1.54, 1.807) is 18.2 Å². The number of rotatable bonds is 3. The van der Waals surface area contributed by atoms with E-state index in [1.165, 1.54) is 6.92 Å². The molecule has 0 radical (unpaired) electrons. The molecule has 134 valence electrons. The molecule has 1 aliphatic heterocycles. The number of carbonyl (C=O) groups excluding carboxylic acids is 1. The molecule has 0 aliphatic carbocycles. The molecule has 0 N–H and O–H groups in total. The van der Waals surface area contributed by atoms with E-state index >= 15 is 0 Å². The van der Waals surface area contributed by atoms with Crippen molar-refractivity contribution >= 4 is 27.9 Å². The van der Waals surface area contributed by atoms with Crippen molar-refractivity contribution in [2.75, 3.05) is 6.61 Å². The van der Waals surface area contributed by atoms with Crippen molar-refractivity contribution in [1.29, 1.82) is 0 Å². The molecule has 0 unspecified atom stereocenters. The van der Waals surface area contributed by atoms with Crippen LogP contribution in [0.3, 0.4) is 0 Å². The van der Waals surface area contributed by atoms with Crippen LogP contribution < -0.4 is 19.6 Å². The fourth-order valence-corrected chi connectivity index (χ4v) is 3.24. The first-order chi connectivity index (χ1) is 12.5. The number of hydrogen-bond donors (Lipinski definition) is 0. The lowest BCUT2D eigenvalue weighted by molar-refractivity contribution is -0.132. The van der Waals surface area contributed by atoms with Gasteiger partial charge in [0.05, 0.1) is 18.1 Å². The van der Waals surface area contributed by atoms with Gasteiger partial charge in [0.25, 0.3) is 0 Å². The predicted molar refractivity (Wildman–Crippen MR) is 96.3 cm³/mol. The van der Waals surface area contributed by atoms with Gasteiger partial charge in [-0.05, 0) is 26.0 Å². The molecule has 2 aromatic carbocycles. The van der Waals surface area contributed by atoms with Crippen LogP contribution in [0, 0.1) is 0 Å². The molecule has 0 fully saturated rings. The molecule has 0 atom stereocenters. The zero-order valence-corrected chi connectivity index (χ0v) is 14.8. The molecular formula is C20H18O6. The maximum absolute atomic E-state index is 13.2. The summed E-state index contributed by atoms with van der Waals surface area (Å²) in [7, 11) is 0. The number of hydrogen-bond acceptors (Lipinski definition) is 6. The second-order valence-electron chi connectivity index (χ2n) is 6.46. The predicted octanol–water partition coefficient (Wildman–Crippen LogP) is 3.59. The Labute approximate surface area is 149 Å². The number of ether oxygens (including phenoxy) is 3. The Morgan fingerprint density at radius 3 is 2.69 bits per heavy atom. The first-order valence-electron chi connectivity index (χ1n) is 8.49. The molecule has 0 spiro atoms. The Hall–Kier alpha value is -3.02. The molecule has 1 aliphatic rings. The largest absolute Gasteiger partial charge is 0.489 e. The minimum absolute atomic E-state index is 0.147. The Morgan fingerprint density at radius 2 is 1.96 bits per heavy atom. The zero-order chi connectivity index (χ0) is 18.4. The second kappa shape index (κ2) is 6.05. The van der Waals surface area contributed by atoms with Crippen molar-refractivity contribution in [3.63, 3.8) is 0 Å². The van der Waals surface area contributed by atoms with E-state index in [4.69, 9.17) is 18.6 Å². The summed E-state index contributed by atoms with van der Waals surface area (Å²) in [5, 5.41) is 0.721. The van der Waals surface area contributed by atoms with Gasteiger partial charge in [0.1, 0.15) is 16.6 Å². The third-order valence-corrected chi connectivity index (χ3v) is 4.18. The molecule has 0 saturated carbocycles. The summed E-state index contributed by atoms with van der Waals surface area (Å²) in [4.78, 5) is 24.9. The summed E-state index contributed by atoms with van der Waals surface area (Å²) in [6, 6.07) is 7.04. The molecule has 0 saturated heterocycles. The summed E-state index contributed by atoms with van der Waals surface area (Å²) in [6.45, 7) is 5.38. The van der Waals surface area contributed by atoms with Gasteiger partial charge in [0, 0.05) is 18.9 Å². The average molecular weight is 354 g/mol. The number of benzene rings is 2. The number of esters is 1. The second-order valence-corrected chi connectivity index (χ2v) is 6.46. The summed E-state index contributed by atoms with van der Waals surface area (Å²) >= 11 is 0. The van der Waals surface area contributed by atoms with E-state index in [-0.39, 0.29) is 28.4 Å². The van der Waals surface area contributed by atoms with Crippen molar-refractivity contribution < 1.29 is 23.4 Å². The van der Waals surface area contributed by atoms with E-state index < -0.39 is 5.97 Å². The Morgan fingerprint density at radius 1 is 1.19 bits per heavy atom. The monoisotopic (exact) mass is 354 g/mol. The number of fused-ring (bicyclic) bond motifs is 4. The van der Waals surface area contributed by atoms with Gasteiger partial charge in [-0.2, -0.15) is 0 Å². The van der Waals surface area contributed by atoms with Crippen LogP contribution in [0.15, 0.2) is 33.5 Å². The first kappa shape index (κ1) is 16.4. The first-order valence-corrected chi connectivity index (χ1v) is 8.49. The summed E-state index contributed by atoms with van der Waals surface area (Å²) in [5.74, 6) is 0.224. The van der Waals surface area contributed by atoms with Crippen molar-refractivity contribution in [1.82, 2.24) is 0 Å².